The van der Waals surface area contributed by atoms with Gasteiger partial charge in [0.15, 0.2) is 0 Å². The minimum absolute atomic E-state index is 0.0895. The van der Waals surface area contributed by atoms with Gasteiger partial charge in [-0.2, -0.15) is 0 Å². The second-order valence-corrected chi connectivity index (χ2v) is 4.82. The largest absolute Gasteiger partial charge is 0.256 e. The number of aliphatic imine (C=N–C) groups is 1. The Labute approximate surface area is 92.6 Å². The Morgan fingerprint density at radius 2 is 1.87 bits per heavy atom. The molecule has 0 bridgehead atoms. The molecule has 1 rings (SSSR count). The topological polar surface area (TPSA) is 12.4 Å². The number of rotatable bonds is 2. The van der Waals surface area contributed by atoms with Gasteiger partial charge in [-0.15, -0.1) is 0 Å². The average molecular weight is 201 g/mol. The van der Waals surface area contributed by atoms with Gasteiger partial charge < -0.3 is 0 Å². The fourth-order valence-corrected chi connectivity index (χ4v) is 1.05. The molecule has 0 aromatic heterocycles. The van der Waals surface area contributed by atoms with Gasteiger partial charge >= 0.3 is 0 Å². The van der Waals surface area contributed by atoms with E-state index in [1.807, 2.05) is 24.4 Å². The van der Waals surface area contributed by atoms with Crippen molar-refractivity contribution in [3.63, 3.8) is 0 Å². The molecule has 1 aromatic rings. The zero-order valence-corrected chi connectivity index (χ0v) is 10.0. The molecule has 80 valence electrons. The molecule has 0 aliphatic rings. The molecule has 15 heavy (non-hydrogen) atoms. The van der Waals surface area contributed by atoms with Crippen LogP contribution < -0.4 is 0 Å². The van der Waals surface area contributed by atoms with Crippen LogP contribution in [0.2, 0.25) is 0 Å². The summed E-state index contributed by atoms with van der Waals surface area (Å²) in [7, 11) is 0. The van der Waals surface area contributed by atoms with Crippen LogP contribution in [0, 0.1) is 12.3 Å². The molecule has 0 aliphatic carbocycles. The SMILES string of the molecule is C=C(C=Nc1ccccc1C)C(C)(C)C. The number of hydrogen-bond acceptors (Lipinski definition) is 1. The molecule has 0 aliphatic heterocycles. The lowest BCUT2D eigenvalue weighted by Gasteiger charge is -2.17. The minimum Gasteiger partial charge on any atom is -0.256 e. The molecule has 0 fully saturated rings. The van der Waals surface area contributed by atoms with E-state index in [9.17, 15) is 0 Å². The lowest BCUT2D eigenvalue weighted by molar-refractivity contribution is 0.528. The van der Waals surface area contributed by atoms with Gasteiger partial charge in [-0.1, -0.05) is 45.5 Å². The number of hydrogen-bond donors (Lipinski definition) is 0. The summed E-state index contributed by atoms with van der Waals surface area (Å²) in [5.74, 6) is 0. The molecular weight excluding hydrogens is 182 g/mol. The van der Waals surface area contributed by atoms with Crippen LogP contribution in [-0.2, 0) is 0 Å². The summed E-state index contributed by atoms with van der Waals surface area (Å²) in [6.45, 7) is 12.5. The highest BCUT2D eigenvalue weighted by Crippen LogP contribution is 2.23. The van der Waals surface area contributed by atoms with Gasteiger partial charge in [0.2, 0.25) is 0 Å². The van der Waals surface area contributed by atoms with Crippen molar-refractivity contribution in [1.29, 1.82) is 0 Å². The molecule has 0 N–H and O–H groups in total. The smallest absolute Gasteiger partial charge is 0.0658 e. The Bertz CT molecular complexity index is 381. The molecule has 1 nitrogen and oxygen atoms in total. The maximum absolute atomic E-state index is 4.45. The third-order valence-corrected chi connectivity index (χ3v) is 2.44. The quantitative estimate of drug-likeness (QED) is 0.633. The molecule has 0 amide bonds. The van der Waals surface area contributed by atoms with Crippen LogP contribution in [0.15, 0.2) is 41.4 Å². The number of allylic oxidation sites excluding steroid dienone is 1. The number of nitrogens with zero attached hydrogens (tertiary/aromatic N) is 1. The Morgan fingerprint density at radius 3 is 2.40 bits per heavy atom. The highest BCUT2D eigenvalue weighted by Gasteiger charge is 2.12. The molecule has 0 heterocycles. The van der Waals surface area contributed by atoms with Crippen LogP contribution in [0.1, 0.15) is 26.3 Å². The molecule has 0 radical (unpaired) electrons. The summed E-state index contributed by atoms with van der Waals surface area (Å²) in [5, 5.41) is 0. The van der Waals surface area contributed by atoms with Crippen molar-refractivity contribution < 1.29 is 0 Å². The zero-order chi connectivity index (χ0) is 11.5. The summed E-state index contributed by atoms with van der Waals surface area (Å²) in [4.78, 5) is 4.45. The van der Waals surface area contributed by atoms with Gasteiger partial charge in [0.1, 0.15) is 0 Å². The van der Waals surface area contributed by atoms with E-state index in [0.29, 0.717) is 0 Å². The molecule has 0 spiro atoms. The van der Waals surface area contributed by atoms with Gasteiger partial charge in [-0.25, -0.2) is 0 Å². The van der Waals surface area contributed by atoms with E-state index in [0.717, 1.165) is 11.3 Å². The lowest BCUT2D eigenvalue weighted by atomic mass is 9.88. The summed E-state index contributed by atoms with van der Waals surface area (Å²) in [6, 6.07) is 8.10. The van der Waals surface area contributed by atoms with Crippen molar-refractivity contribution in [1.82, 2.24) is 0 Å². The Hall–Kier alpha value is -1.37. The van der Waals surface area contributed by atoms with Crippen LogP contribution in [-0.4, -0.2) is 6.21 Å². The second kappa shape index (κ2) is 4.43. The van der Waals surface area contributed by atoms with E-state index in [4.69, 9.17) is 0 Å². The normalized spacial score (nSPS) is 12.0. The van der Waals surface area contributed by atoms with Gasteiger partial charge in [-0.05, 0) is 29.5 Å². The van der Waals surface area contributed by atoms with E-state index in [1.54, 1.807) is 0 Å². The number of benzene rings is 1. The Kier molecular flexibility index (Phi) is 3.46. The van der Waals surface area contributed by atoms with Gasteiger partial charge in [0.05, 0.1) is 5.69 Å². The maximum Gasteiger partial charge on any atom is 0.0658 e. The van der Waals surface area contributed by atoms with Gasteiger partial charge in [0.25, 0.3) is 0 Å². The summed E-state index contributed by atoms with van der Waals surface area (Å²) >= 11 is 0. The molecule has 0 atom stereocenters. The summed E-state index contributed by atoms with van der Waals surface area (Å²) in [5.41, 5.74) is 3.34. The van der Waals surface area contributed by atoms with Crippen molar-refractivity contribution >= 4 is 11.9 Å². The highest BCUT2D eigenvalue weighted by molar-refractivity contribution is 5.81. The van der Waals surface area contributed by atoms with E-state index >= 15 is 0 Å². The molecule has 1 aromatic carbocycles. The van der Waals surface area contributed by atoms with Crippen LogP contribution in [0.3, 0.4) is 0 Å². The first-order valence-electron chi connectivity index (χ1n) is 5.20. The molecule has 0 saturated heterocycles. The first-order valence-corrected chi connectivity index (χ1v) is 5.20. The van der Waals surface area contributed by atoms with Crippen molar-refractivity contribution in [3.05, 3.63) is 42.0 Å². The molecule has 0 saturated carbocycles. The number of para-hydroxylation sites is 1. The van der Waals surface area contributed by atoms with E-state index in [2.05, 4.69) is 45.3 Å². The van der Waals surface area contributed by atoms with Gasteiger partial charge in [0, 0.05) is 6.21 Å². The van der Waals surface area contributed by atoms with Crippen LogP contribution >= 0.6 is 0 Å². The van der Waals surface area contributed by atoms with Crippen LogP contribution in [0.5, 0.6) is 0 Å². The average Bonchev–Trinajstić information content (AvgIpc) is 2.14. The van der Waals surface area contributed by atoms with Crippen LogP contribution in [0.25, 0.3) is 0 Å². The molecule has 0 unspecified atom stereocenters. The predicted molar refractivity (Wildman–Crippen MR) is 67.9 cm³/mol. The van der Waals surface area contributed by atoms with Crippen molar-refractivity contribution in [3.8, 4) is 0 Å². The standard InChI is InChI=1S/C14H19N/c1-11-8-6-7-9-13(11)15-10-12(2)14(3,4)5/h6-10H,2H2,1,3-5H3. The molecule has 1 heteroatoms. The van der Waals surface area contributed by atoms with E-state index < -0.39 is 0 Å². The van der Waals surface area contributed by atoms with Crippen molar-refractivity contribution in [2.45, 2.75) is 27.7 Å². The van der Waals surface area contributed by atoms with Crippen molar-refractivity contribution in [2.75, 3.05) is 0 Å². The summed E-state index contributed by atoms with van der Waals surface area (Å²) < 4.78 is 0. The number of aryl methyl sites for hydroxylation is 1. The third kappa shape index (κ3) is 3.35. The van der Waals surface area contributed by atoms with E-state index in [-0.39, 0.29) is 5.41 Å². The Balaban J connectivity index is 2.84. The van der Waals surface area contributed by atoms with Crippen LogP contribution in [0.4, 0.5) is 5.69 Å². The lowest BCUT2D eigenvalue weighted by Crippen LogP contribution is -2.08. The predicted octanol–water partition coefficient (Wildman–Crippen LogP) is 4.30. The van der Waals surface area contributed by atoms with Crippen molar-refractivity contribution in [2.24, 2.45) is 10.4 Å². The molecular formula is C14H19N. The maximum atomic E-state index is 4.45. The fourth-order valence-electron chi connectivity index (χ4n) is 1.05. The second-order valence-electron chi connectivity index (χ2n) is 4.82. The summed E-state index contributed by atoms with van der Waals surface area (Å²) in [6.07, 6.45) is 1.86. The van der Waals surface area contributed by atoms with E-state index in [1.165, 1.54) is 5.56 Å². The monoisotopic (exact) mass is 201 g/mol. The third-order valence-electron chi connectivity index (χ3n) is 2.44. The first kappa shape index (κ1) is 11.7. The van der Waals surface area contributed by atoms with Gasteiger partial charge in [-0.3, -0.25) is 4.99 Å². The zero-order valence-electron chi connectivity index (χ0n) is 10.0. The highest BCUT2D eigenvalue weighted by atomic mass is 14.7. The fraction of sp³-hybridized carbons (Fsp3) is 0.357. The minimum atomic E-state index is 0.0895. The Morgan fingerprint density at radius 1 is 1.27 bits per heavy atom. The first-order chi connectivity index (χ1) is 6.91.